The van der Waals surface area contributed by atoms with Crippen LogP contribution in [-0.2, 0) is 0 Å². The molecule has 28 heavy (non-hydrogen) atoms. The Morgan fingerprint density at radius 3 is 0.821 bits per heavy atom. The molecule has 0 aromatic heterocycles. The quantitative estimate of drug-likeness (QED) is 0.461. The molecule has 0 amide bonds. The summed E-state index contributed by atoms with van der Waals surface area (Å²) in [6.07, 6.45) is 0. The van der Waals surface area contributed by atoms with Crippen LogP contribution >= 0.6 is 0 Å². The molecule has 0 radical (unpaired) electrons. The number of rotatable bonds is 2. The van der Waals surface area contributed by atoms with Crippen molar-refractivity contribution in [2.24, 2.45) is 23.7 Å². The Kier molecular flexibility index (Phi) is 3.77. The predicted molar refractivity (Wildman–Crippen MR) is 120 cm³/mol. The summed E-state index contributed by atoms with van der Waals surface area (Å²) in [6.45, 7) is 24.5. The largest absolute Gasteiger partial charge is 0.0659 e. The van der Waals surface area contributed by atoms with E-state index in [0.717, 1.165) is 23.7 Å². The second-order valence-corrected chi connectivity index (χ2v) is 11.2. The van der Waals surface area contributed by atoms with Gasteiger partial charge < -0.3 is 0 Å². The zero-order valence-corrected chi connectivity index (χ0v) is 19.6. The molecule has 5 rings (SSSR count). The van der Waals surface area contributed by atoms with Gasteiger partial charge in [-0.15, -0.1) is 0 Å². The van der Waals surface area contributed by atoms with Gasteiger partial charge in [0.05, 0.1) is 0 Å². The molecule has 0 nitrogen and oxygen atoms in total. The van der Waals surface area contributed by atoms with E-state index in [-0.39, 0.29) is 0 Å². The van der Waals surface area contributed by atoms with Crippen LogP contribution in [0.2, 0.25) is 0 Å². The standard InChI is InChI=1S/C28H38/c1-11(2)19-21-13(5)14(6)22(19)26-18(10)28-24-16(8)15(7)23(20(24)12(3)4)27(28)17(9)25(21)26/h11-12,19-24H,1-10H3. The molecule has 0 heterocycles. The van der Waals surface area contributed by atoms with Gasteiger partial charge in [-0.05, 0) is 98.6 Å². The Morgan fingerprint density at radius 2 is 0.643 bits per heavy atom. The summed E-state index contributed by atoms with van der Waals surface area (Å²) in [7, 11) is 0. The van der Waals surface area contributed by atoms with E-state index in [2.05, 4.69) is 69.2 Å². The molecule has 0 heteroatoms. The molecule has 0 N–H and O–H groups in total. The van der Waals surface area contributed by atoms with E-state index < -0.39 is 0 Å². The molecule has 0 aliphatic heterocycles. The second-order valence-electron chi connectivity index (χ2n) is 11.2. The van der Waals surface area contributed by atoms with Crippen LogP contribution in [0.1, 0.15) is 112 Å². The lowest BCUT2D eigenvalue weighted by Crippen LogP contribution is -2.15. The zero-order valence-electron chi connectivity index (χ0n) is 19.6. The monoisotopic (exact) mass is 374 g/mol. The summed E-state index contributed by atoms with van der Waals surface area (Å²) in [6, 6.07) is 0. The summed E-state index contributed by atoms with van der Waals surface area (Å²) in [5.74, 6) is 5.73. The minimum atomic E-state index is 0.672. The third kappa shape index (κ3) is 1.85. The molecular formula is C28H38. The highest BCUT2D eigenvalue weighted by Gasteiger charge is 2.56. The van der Waals surface area contributed by atoms with Gasteiger partial charge in [-0.2, -0.15) is 0 Å². The van der Waals surface area contributed by atoms with Crippen molar-refractivity contribution in [2.75, 3.05) is 0 Å². The Labute approximate surface area is 172 Å². The Bertz CT molecular complexity index is 820. The minimum Gasteiger partial charge on any atom is -0.0659 e. The van der Waals surface area contributed by atoms with Gasteiger partial charge >= 0.3 is 0 Å². The van der Waals surface area contributed by atoms with Gasteiger partial charge in [-0.3, -0.25) is 0 Å². The second kappa shape index (κ2) is 5.65. The average molecular weight is 375 g/mol. The molecule has 4 atom stereocenters. The summed E-state index contributed by atoms with van der Waals surface area (Å²) >= 11 is 0. The highest BCUT2D eigenvalue weighted by Crippen LogP contribution is 2.69. The lowest BCUT2D eigenvalue weighted by atomic mass is 9.74. The summed E-state index contributed by atoms with van der Waals surface area (Å²) in [5, 5.41) is 0. The predicted octanol–water partition coefficient (Wildman–Crippen LogP) is 7.91. The summed E-state index contributed by atoms with van der Waals surface area (Å²) in [5.41, 5.74) is 17.1. The number of benzene rings is 1. The molecule has 150 valence electrons. The number of fused-ring (bicyclic) bond motifs is 10. The average Bonchev–Trinajstić information content (AvgIpc) is 3.29. The lowest BCUT2D eigenvalue weighted by molar-refractivity contribution is 0.353. The first-order valence-electron chi connectivity index (χ1n) is 11.6. The van der Waals surface area contributed by atoms with Crippen molar-refractivity contribution in [3.63, 3.8) is 0 Å². The van der Waals surface area contributed by atoms with Gasteiger partial charge in [0.2, 0.25) is 0 Å². The van der Waals surface area contributed by atoms with E-state index in [4.69, 9.17) is 0 Å². The van der Waals surface area contributed by atoms with E-state index in [1.54, 1.807) is 55.7 Å². The van der Waals surface area contributed by atoms with Crippen LogP contribution in [0.5, 0.6) is 0 Å². The van der Waals surface area contributed by atoms with Crippen molar-refractivity contribution < 1.29 is 0 Å². The first kappa shape index (κ1) is 18.7. The maximum atomic E-state index is 2.48. The van der Waals surface area contributed by atoms with Crippen LogP contribution in [0.25, 0.3) is 0 Å². The van der Waals surface area contributed by atoms with Crippen LogP contribution in [0.4, 0.5) is 0 Å². The molecular weight excluding hydrogens is 336 g/mol. The fourth-order valence-electron chi connectivity index (χ4n) is 8.40. The molecule has 4 bridgehead atoms. The van der Waals surface area contributed by atoms with Gasteiger partial charge in [-0.1, -0.05) is 50.0 Å². The molecule has 4 unspecified atom stereocenters. The highest BCUT2D eigenvalue weighted by atomic mass is 14.6. The normalized spacial score (nSPS) is 35.1. The number of hydrogen-bond acceptors (Lipinski definition) is 0. The van der Waals surface area contributed by atoms with Gasteiger partial charge in [0.25, 0.3) is 0 Å². The van der Waals surface area contributed by atoms with Crippen LogP contribution in [0.15, 0.2) is 22.3 Å². The zero-order chi connectivity index (χ0) is 20.4. The molecule has 1 aromatic carbocycles. The Balaban J connectivity index is 1.80. The Morgan fingerprint density at radius 1 is 0.429 bits per heavy atom. The molecule has 0 saturated carbocycles. The van der Waals surface area contributed by atoms with Crippen molar-refractivity contribution in [3.05, 3.63) is 55.7 Å². The van der Waals surface area contributed by atoms with E-state index >= 15 is 0 Å². The maximum Gasteiger partial charge on any atom is 0.00936 e. The van der Waals surface area contributed by atoms with Gasteiger partial charge in [0.15, 0.2) is 0 Å². The third-order valence-electron chi connectivity index (χ3n) is 9.63. The fraction of sp³-hybridized carbons (Fsp3) is 0.643. The Hall–Kier alpha value is -1.30. The number of allylic oxidation sites excluding steroid dienone is 4. The molecule has 4 aliphatic rings. The van der Waals surface area contributed by atoms with Crippen molar-refractivity contribution in [2.45, 2.75) is 92.9 Å². The van der Waals surface area contributed by atoms with Gasteiger partial charge in [0, 0.05) is 23.7 Å². The van der Waals surface area contributed by atoms with Crippen molar-refractivity contribution in [1.29, 1.82) is 0 Å². The fourth-order valence-corrected chi connectivity index (χ4v) is 8.40. The molecule has 0 spiro atoms. The third-order valence-corrected chi connectivity index (χ3v) is 9.63. The summed E-state index contributed by atoms with van der Waals surface area (Å²) < 4.78 is 0. The van der Waals surface area contributed by atoms with Gasteiger partial charge in [-0.25, -0.2) is 0 Å². The van der Waals surface area contributed by atoms with Crippen LogP contribution < -0.4 is 0 Å². The first-order valence-corrected chi connectivity index (χ1v) is 11.6. The molecule has 0 saturated heterocycles. The minimum absolute atomic E-state index is 0.672. The molecule has 1 aromatic rings. The van der Waals surface area contributed by atoms with Crippen LogP contribution in [0, 0.1) is 37.5 Å². The van der Waals surface area contributed by atoms with Crippen LogP contribution in [-0.4, -0.2) is 0 Å². The first-order chi connectivity index (χ1) is 13.1. The maximum absolute atomic E-state index is 2.48. The van der Waals surface area contributed by atoms with Crippen molar-refractivity contribution in [1.82, 2.24) is 0 Å². The number of hydrogen-bond donors (Lipinski definition) is 0. The molecule has 4 aliphatic carbocycles. The topological polar surface area (TPSA) is 0 Å². The van der Waals surface area contributed by atoms with Gasteiger partial charge in [0.1, 0.15) is 0 Å². The summed E-state index contributed by atoms with van der Waals surface area (Å²) in [4.78, 5) is 0. The van der Waals surface area contributed by atoms with E-state index in [0.29, 0.717) is 23.7 Å². The van der Waals surface area contributed by atoms with Crippen molar-refractivity contribution >= 4 is 0 Å². The van der Waals surface area contributed by atoms with Crippen LogP contribution in [0.3, 0.4) is 0 Å². The lowest BCUT2D eigenvalue weighted by Gasteiger charge is -2.30. The van der Waals surface area contributed by atoms with Crippen molar-refractivity contribution in [3.8, 4) is 0 Å². The van der Waals surface area contributed by atoms with E-state index in [9.17, 15) is 0 Å². The highest BCUT2D eigenvalue weighted by molar-refractivity contribution is 5.70. The molecule has 0 fully saturated rings. The smallest absolute Gasteiger partial charge is 0.00936 e. The SMILES string of the molecule is CC1=C(C)C2c3c(C)c4c(c(C)c3C1C2C(C)C)C1C(C)=C(C)C4C1C(C)C. The van der Waals surface area contributed by atoms with E-state index in [1.807, 2.05) is 0 Å². The van der Waals surface area contributed by atoms with E-state index in [1.165, 1.54) is 0 Å².